The van der Waals surface area contributed by atoms with Crippen LogP contribution < -0.4 is 16.1 Å². The maximum atomic E-state index is 12.6. The molecule has 2 aromatic rings. The fourth-order valence-corrected chi connectivity index (χ4v) is 4.92. The van der Waals surface area contributed by atoms with Crippen molar-refractivity contribution in [3.63, 3.8) is 0 Å². The highest BCUT2D eigenvalue weighted by Gasteiger charge is 2.57. The number of rotatable bonds is 3. The second kappa shape index (κ2) is 7.31. The summed E-state index contributed by atoms with van der Waals surface area (Å²) >= 11 is 1.67. The number of benzene rings is 1. The lowest BCUT2D eigenvalue weighted by molar-refractivity contribution is -0.384. The van der Waals surface area contributed by atoms with Crippen LogP contribution in [0.2, 0.25) is 0 Å². The van der Waals surface area contributed by atoms with E-state index in [9.17, 15) is 14.9 Å². The Balaban J connectivity index is 1.53. The minimum absolute atomic E-state index is 0.0279. The molecule has 1 amide bonds. The minimum Gasteiger partial charge on any atom is -0.456 e. The molecule has 3 saturated heterocycles. The third-order valence-corrected chi connectivity index (χ3v) is 6.42. The Bertz CT molecular complexity index is 1100. The minimum atomic E-state index is -1.16. The molecular weight excluding hydrogens is 408 g/mol. The van der Waals surface area contributed by atoms with Crippen LogP contribution in [0.15, 0.2) is 57.0 Å². The van der Waals surface area contributed by atoms with E-state index in [1.807, 2.05) is 0 Å². The van der Waals surface area contributed by atoms with Gasteiger partial charge in [0.25, 0.3) is 11.6 Å². The summed E-state index contributed by atoms with van der Waals surface area (Å²) in [6, 6.07) is 9.83. The molecule has 1 atom stereocenters. The fraction of sp³-hybridized carbons (Fsp3) is 0.250. The first-order valence-electron chi connectivity index (χ1n) is 9.44. The van der Waals surface area contributed by atoms with Gasteiger partial charge in [0.2, 0.25) is 5.60 Å². The molecule has 0 aliphatic carbocycles. The molecule has 9 nitrogen and oxygen atoms in total. The Morgan fingerprint density at radius 2 is 2.07 bits per heavy atom. The third-order valence-electron chi connectivity index (χ3n) is 5.33. The highest BCUT2D eigenvalue weighted by molar-refractivity contribution is 8.03. The van der Waals surface area contributed by atoms with E-state index in [1.54, 1.807) is 48.2 Å². The van der Waals surface area contributed by atoms with Gasteiger partial charge in [-0.15, -0.1) is 11.8 Å². The Kier molecular flexibility index (Phi) is 4.61. The molecule has 1 unspecified atom stereocenters. The second-order valence-electron chi connectivity index (χ2n) is 7.05. The number of thioether (sulfide) groups is 1. The molecule has 1 spiro atoms. The number of para-hydroxylation sites is 1. The third kappa shape index (κ3) is 2.92. The molecule has 3 N–H and O–H groups in total. The van der Waals surface area contributed by atoms with Crippen LogP contribution in [-0.2, 0) is 9.63 Å². The molecule has 3 fully saturated rings. The zero-order valence-electron chi connectivity index (χ0n) is 15.8. The summed E-state index contributed by atoms with van der Waals surface area (Å²) < 4.78 is 5.89. The normalized spacial score (nSPS) is 27.1. The van der Waals surface area contributed by atoms with Crippen LogP contribution in [0.5, 0.6) is 0 Å². The predicted molar refractivity (Wildman–Crippen MR) is 111 cm³/mol. The van der Waals surface area contributed by atoms with Gasteiger partial charge >= 0.3 is 0 Å². The van der Waals surface area contributed by atoms with Crippen LogP contribution in [0.1, 0.15) is 5.76 Å². The maximum Gasteiger partial charge on any atom is 0.287 e. The number of carbonyl (C=O) groups is 1. The maximum absolute atomic E-state index is 12.6. The molecular formula is C20H18N4O5S. The average Bonchev–Trinajstić information content (AvgIpc) is 3.45. The number of hydrogen-bond acceptors (Lipinski definition) is 8. The number of nitro groups is 1. The van der Waals surface area contributed by atoms with Crippen LogP contribution in [0, 0.1) is 10.1 Å². The number of nitrogens with zero attached hydrogens (tertiary/aromatic N) is 1. The van der Waals surface area contributed by atoms with Crippen LogP contribution in [-0.4, -0.2) is 41.8 Å². The average molecular weight is 426 g/mol. The van der Waals surface area contributed by atoms with Gasteiger partial charge in [0.05, 0.1) is 15.5 Å². The molecule has 1 aromatic heterocycles. The number of furan rings is 1. The smallest absolute Gasteiger partial charge is 0.287 e. The van der Waals surface area contributed by atoms with E-state index in [0.717, 1.165) is 28.5 Å². The van der Waals surface area contributed by atoms with Gasteiger partial charge in [0.15, 0.2) is 0 Å². The Morgan fingerprint density at radius 1 is 1.20 bits per heavy atom. The first-order chi connectivity index (χ1) is 14.6. The fourth-order valence-electron chi connectivity index (χ4n) is 3.91. The predicted octanol–water partition coefficient (Wildman–Crippen LogP) is 2.19. The van der Waals surface area contributed by atoms with E-state index in [-0.39, 0.29) is 11.6 Å². The lowest BCUT2D eigenvalue weighted by Gasteiger charge is -2.46. The standard InChI is InChI=1S/C20H18N4O5S/c25-19-20(29-23-19)12(10-21-11-15(20)18-22-7-8-30-18)9-13-5-6-17(28-13)14-3-1-2-4-16(14)24(26)27/h1-6,9,21-22H,7-8,10-11H2,(H,23,25). The van der Waals surface area contributed by atoms with Crippen molar-refractivity contribution in [1.29, 1.82) is 0 Å². The van der Waals surface area contributed by atoms with Crippen molar-refractivity contribution >= 4 is 29.4 Å². The summed E-state index contributed by atoms with van der Waals surface area (Å²) in [6.45, 7) is 1.84. The van der Waals surface area contributed by atoms with Crippen LogP contribution in [0.4, 0.5) is 5.69 Å². The second-order valence-corrected chi connectivity index (χ2v) is 8.15. The Morgan fingerprint density at radius 3 is 2.77 bits per heavy atom. The number of nitro benzene ring substituents is 1. The summed E-state index contributed by atoms with van der Waals surface area (Å²) in [5, 5.41) is 18.9. The molecule has 3 aliphatic rings. The highest BCUT2D eigenvalue weighted by Crippen LogP contribution is 2.42. The first-order valence-corrected chi connectivity index (χ1v) is 10.4. The number of piperidine rings is 1. The van der Waals surface area contributed by atoms with E-state index >= 15 is 0 Å². The van der Waals surface area contributed by atoms with Crippen molar-refractivity contribution in [2.75, 3.05) is 25.4 Å². The SMILES string of the molecule is O=C1NOC12C(=Cc1ccc(-c3ccccc3[N+](=O)[O-])o1)CNCC2=C1NCCS1. The largest absolute Gasteiger partial charge is 0.456 e. The zero-order chi connectivity index (χ0) is 20.7. The van der Waals surface area contributed by atoms with Gasteiger partial charge in [-0.25, -0.2) is 10.3 Å². The molecule has 30 heavy (non-hydrogen) atoms. The quantitative estimate of drug-likeness (QED) is 0.505. The molecule has 5 rings (SSSR count). The molecule has 10 heteroatoms. The summed E-state index contributed by atoms with van der Waals surface area (Å²) in [4.78, 5) is 29.2. The van der Waals surface area contributed by atoms with Gasteiger partial charge in [-0.3, -0.25) is 14.9 Å². The Hall–Kier alpha value is -3.08. The summed E-state index contributed by atoms with van der Waals surface area (Å²) in [7, 11) is 0. The molecule has 0 radical (unpaired) electrons. The summed E-state index contributed by atoms with van der Waals surface area (Å²) in [5.41, 5.74) is 3.20. The van der Waals surface area contributed by atoms with E-state index in [2.05, 4.69) is 16.1 Å². The van der Waals surface area contributed by atoms with Crippen molar-refractivity contribution in [2.24, 2.45) is 0 Å². The number of carbonyl (C=O) groups excluding carboxylic acids is 1. The summed E-state index contributed by atoms with van der Waals surface area (Å²) in [6.07, 6.45) is 1.77. The van der Waals surface area contributed by atoms with Crippen LogP contribution in [0.3, 0.4) is 0 Å². The Labute approximate surface area is 175 Å². The van der Waals surface area contributed by atoms with E-state index < -0.39 is 10.5 Å². The highest BCUT2D eigenvalue weighted by atomic mass is 32.2. The zero-order valence-corrected chi connectivity index (χ0v) is 16.6. The van der Waals surface area contributed by atoms with Crippen molar-refractivity contribution in [3.05, 3.63) is 68.4 Å². The molecule has 3 aliphatic heterocycles. The van der Waals surface area contributed by atoms with Crippen LogP contribution >= 0.6 is 11.8 Å². The van der Waals surface area contributed by atoms with Crippen molar-refractivity contribution in [1.82, 2.24) is 16.1 Å². The molecule has 154 valence electrons. The lowest BCUT2D eigenvalue weighted by Crippen LogP contribution is -2.68. The first kappa shape index (κ1) is 18.9. The van der Waals surface area contributed by atoms with Gasteiger partial charge in [0.1, 0.15) is 11.5 Å². The van der Waals surface area contributed by atoms with Gasteiger partial charge in [-0.2, -0.15) is 0 Å². The monoisotopic (exact) mass is 426 g/mol. The van der Waals surface area contributed by atoms with Gasteiger partial charge in [0, 0.05) is 37.0 Å². The van der Waals surface area contributed by atoms with Crippen molar-refractivity contribution < 1.29 is 19.0 Å². The molecule has 0 bridgehead atoms. The van der Waals surface area contributed by atoms with Gasteiger partial charge in [-0.05, 0) is 29.8 Å². The van der Waals surface area contributed by atoms with E-state index in [1.165, 1.54) is 6.07 Å². The number of hydroxylamine groups is 1. The number of amides is 1. The number of hydrogen-bond donors (Lipinski definition) is 3. The topological polar surface area (TPSA) is 119 Å². The van der Waals surface area contributed by atoms with Crippen molar-refractivity contribution in [3.8, 4) is 11.3 Å². The van der Waals surface area contributed by atoms with E-state index in [4.69, 9.17) is 9.25 Å². The number of nitrogens with one attached hydrogen (secondary N) is 3. The molecule has 0 saturated carbocycles. The molecule has 4 heterocycles. The van der Waals surface area contributed by atoms with Gasteiger partial charge < -0.3 is 15.1 Å². The summed E-state index contributed by atoms with van der Waals surface area (Å²) in [5.74, 6) is 1.60. The van der Waals surface area contributed by atoms with E-state index in [0.29, 0.717) is 30.2 Å². The van der Waals surface area contributed by atoms with Gasteiger partial charge in [-0.1, -0.05) is 12.1 Å². The van der Waals surface area contributed by atoms with Crippen molar-refractivity contribution in [2.45, 2.75) is 5.60 Å². The lowest BCUT2D eigenvalue weighted by atomic mass is 9.80. The van der Waals surface area contributed by atoms with Crippen LogP contribution in [0.25, 0.3) is 17.4 Å². The molecule has 1 aromatic carbocycles.